The summed E-state index contributed by atoms with van der Waals surface area (Å²) in [5.74, 6) is 0.717. The Bertz CT molecular complexity index is 997. The van der Waals surface area contributed by atoms with Gasteiger partial charge in [0.25, 0.3) is 0 Å². The number of nitrogens with one attached hydrogen (secondary N) is 2. The molecular weight excluding hydrogens is 388 g/mol. The van der Waals surface area contributed by atoms with Crippen molar-refractivity contribution in [1.29, 1.82) is 0 Å². The van der Waals surface area contributed by atoms with Crippen molar-refractivity contribution in [2.75, 3.05) is 19.3 Å². The van der Waals surface area contributed by atoms with Crippen LogP contribution in [0.15, 0.2) is 57.3 Å². The van der Waals surface area contributed by atoms with E-state index in [1.165, 1.54) is 6.26 Å². The first-order valence-corrected chi connectivity index (χ1v) is 11.7. The maximum absolute atomic E-state index is 11.7. The Balaban J connectivity index is 1.87. The first kappa shape index (κ1) is 22.7. The molecule has 8 heteroatoms. The van der Waals surface area contributed by atoms with E-state index < -0.39 is 9.84 Å². The summed E-state index contributed by atoms with van der Waals surface area (Å²) >= 11 is 0. The van der Waals surface area contributed by atoms with Crippen LogP contribution in [0.25, 0.3) is 0 Å². The first-order chi connectivity index (χ1) is 13.8. The van der Waals surface area contributed by atoms with Crippen LogP contribution in [-0.4, -0.2) is 38.3 Å². The van der Waals surface area contributed by atoms with Crippen LogP contribution in [0.3, 0.4) is 0 Å². The van der Waals surface area contributed by atoms with Crippen LogP contribution in [0.4, 0.5) is 0 Å². The minimum absolute atomic E-state index is 0.0209. The Morgan fingerprint density at radius 1 is 1.14 bits per heavy atom. The lowest BCUT2D eigenvalue weighted by atomic mass is 10.1. The van der Waals surface area contributed by atoms with Crippen LogP contribution in [0.2, 0.25) is 0 Å². The van der Waals surface area contributed by atoms with Crippen LogP contribution >= 0.6 is 0 Å². The molecule has 1 heterocycles. The molecule has 0 aliphatic carbocycles. The molecule has 0 radical (unpaired) electrons. The minimum Gasteiger partial charge on any atom is -0.357 e. The van der Waals surface area contributed by atoms with Crippen molar-refractivity contribution < 1.29 is 8.42 Å². The summed E-state index contributed by atoms with van der Waals surface area (Å²) in [6.07, 6.45) is 4.82. The number of nitrogens with zero attached hydrogens (tertiary/aromatic N) is 2. The number of rotatable bonds is 9. The molecule has 1 aromatic heterocycles. The number of guanidine groups is 1. The zero-order valence-electron chi connectivity index (χ0n) is 17.3. The molecule has 7 nitrogen and oxygen atoms in total. The largest absolute Gasteiger partial charge is 0.357 e. The average molecular weight is 419 g/mol. The fourth-order valence-electron chi connectivity index (χ4n) is 3.00. The number of aryl methyl sites for hydroxylation is 2. The summed E-state index contributed by atoms with van der Waals surface area (Å²) in [5.41, 5.74) is 1.71. The molecule has 0 aliphatic heterocycles. The van der Waals surface area contributed by atoms with Crippen LogP contribution < -0.4 is 16.2 Å². The van der Waals surface area contributed by atoms with E-state index in [4.69, 9.17) is 0 Å². The predicted octanol–water partition coefficient (Wildman–Crippen LogP) is 2.10. The zero-order chi connectivity index (χ0) is 21.3. The molecule has 2 N–H and O–H groups in total. The highest BCUT2D eigenvalue weighted by Gasteiger charge is 2.10. The molecule has 1 aromatic carbocycles. The summed E-state index contributed by atoms with van der Waals surface area (Å²) in [5, 5.41) is 6.51. The Morgan fingerprint density at radius 2 is 1.93 bits per heavy atom. The van der Waals surface area contributed by atoms with Gasteiger partial charge in [-0.3, -0.25) is 4.79 Å². The molecule has 0 aliphatic rings. The summed E-state index contributed by atoms with van der Waals surface area (Å²) in [4.78, 5) is 16.6. The number of sulfone groups is 1. The van der Waals surface area contributed by atoms with Gasteiger partial charge in [-0.15, -0.1) is 0 Å². The predicted molar refractivity (Wildman–Crippen MR) is 117 cm³/mol. The monoisotopic (exact) mass is 418 g/mol. The lowest BCUT2D eigenvalue weighted by molar-refractivity contribution is 0.585. The Kier molecular flexibility index (Phi) is 8.45. The third-order valence-corrected chi connectivity index (χ3v) is 5.68. The van der Waals surface area contributed by atoms with Gasteiger partial charge in [0.2, 0.25) is 5.56 Å². The van der Waals surface area contributed by atoms with Gasteiger partial charge in [-0.1, -0.05) is 18.2 Å². The topological polar surface area (TPSA) is 92.6 Å². The van der Waals surface area contributed by atoms with Crippen molar-refractivity contribution >= 4 is 15.8 Å². The van der Waals surface area contributed by atoms with Gasteiger partial charge in [-0.25, -0.2) is 13.4 Å². The second-order valence-corrected chi connectivity index (χ2v) is 8.92. The molecule has 0 spiro atoms. The highest BCUT2D eigenvalue weighted by molar-refractivity contribution is 7.90. The molecule has 0 atom stereocenters. The first-order valence-electron chi connectivity index (χ1n) is 9.78. The smallest absolute Gasteiger partial charge is 0.250 e. The van der Waals surface area contributed by atoms with Crippen LogP contribution in [-0.2, 0) is 22.9 Å². The fourth-order valence-corrected chi connectivity index (χ4v) is 3.96. The molecule has 29 heavy (non-hydrogen) atoms. The maximum atomic E-state index is 11.7. The van der Waals surface area contributed by atoms with Gasteiger partial charge in [0, 0.05) is 38.2 Å². The van der Waals surface area contributed by atoms with E-state index in [9.17, 15) is 13.2 Å². The van der Waals surface area contributed by atoms with Crippen LogP contribution in [0, 0.1) is 6.92 Å². The van der Waals surface area contributed by atoms with E-state index in [-0.39, 0.29) is 5.56 Å². The second kappa shape index (κ2) is 10.8. The zero-order valence-corrected chi connectivity index (χ0v) is 18.1. The normalized spacial score (nSPS) is 12.0. The standard InChI is InChI=1S/C21H30N4O3S/c1-4-22-21(23-12-6-8-14-25-13-7-5-9-20(25)26)24-16-18-10-11-19(17(2)15-18)29(3,27)28/h5,7,9-11,13,15H,4,6,8,12,14,16H2,1-3H3,(H2,22,23,24). The third kappa shape index (κ3) is 7.38. The molecule has 0 saturated carbocycles. The van der Waals surface area contributed by atoms with Crippen molar-refractivity contribution in [2.24, 2.45) is 4.99 Å². The lowest BCUT2D eigenvalue weighted by Gasteiger charge is -2.12. The molecule has 2 rings (SSSR count). The number of unbranched alkanes of at least 4 members (excludes halogenated alkanes) is 1. The van der Waals surface area contributed by atoms with E-state index in [0.29, 0.717) is 23.9 Å². The van der Waals surface area contributed by atoms with E-state index in [0.717, 1.165) is 37.1 Å². The van der Waals surface area contributed by atoms with Gasteiger partial charge in [-0.05, 0) is 49.9 Å². The number of benzene rings is 1. The Hall–Kier alpha value is -2.61. The third-order valence-electron chi connectivity index (χ3n) is 4.42. The molecular formula is C21H30N4O3S. The summed E-state index contributed by atoms with van der Waals surface area (Å²) in [7, 11) is -3.21. The van der Waals surface area contributed by atoms with E-state index in [1.54, 1.807) is 42.0 Å². The molecule has 0 amide bonds. The summed E-state index contributed by atoms with van der Waals surface area (Å²) in [6.45, 7) is 6.45. The Morgan fingerprint density at radius 3 is 2.59 bits per heavy atom. The van der Waals surface area contributed by atoms with Crippen molar-refractivity contribution in [1.82, 2.24) is 15.2 Å². The summed E-state index contributed by atoms with van der Waals surface area (Å²) < 4.78 is 25.2. The lowest BCUT2D eigenvalue weighted by Crippen LogP contribution is -2.37. The number of aromatic nitrogens is 1. The average Bonchev–Trinajstić information content (AvgIpc) is 2.66. The van der Waals surface area contributed by atoms with Crippen LogP contribution in [0.5, 0.6) is 0 Å². The number of pyridine rings is 1. The highest BCUT2D eigenvalue weighted by atomic mass is 32.2. The van der Waals surface area contributed by atoms with Crippen molar-refractivity contribution in [3.05, 3.63) is 64.1 Å². The van der Waals surface area contributed by atoms with Crippen molar-refractivity contribution in [3.8, 4) is 0 Å². The molecule has 0 unspecified atom stereocenters. The fraction of sp³-hybridized carbons (Fsp3) is 0.429. The molecule has 158 valence electrons. The molecule has 0 bridgehead atoms. The SMILES string of the molecule is CCNC(=NCc1ccc(S(C)(=O)=O)c(C)c1)NCCCCn1ccccc1=O. The number of hydrogen-bond acceptors (Lipinski definition) is 4. The second-order valence-electron chi connectivity index (χ2n) is 6.93. The number of hydrogen-bond donors (Lipinski definition) is 2. The quantitative estimate of drug-likeness (QED) is 0.370. The van der Waals surface area contributed by atoms with Crippen molar-refractivity contribution in [3.63, 3.8) is 0 Å². The van der Waals surface area contributed by atoms with Gasteiger partial charge in [0.1, 0.15) is 0 Å². The maximum Gasteiger partial charge on any atom is 0.250 e. The number of aliphatic imine (C=N–C) groups is 1. The van der Waals surface area contributed by atoms with Gasteiger partial charge >= 0.3 is 0 Å². The van der Waals surface area contributed by atoms with Gasteiger partial charge < -0.3 is 15.2 Å². The van der Waals surface area contributed by atoms with Crippen LogP contribution in [0.1, 0.15) is 30.9 Å². The Labute approximate surface area is 172 Å². The van der Waals surface area contributed by atoms with E-state index in [1.807, 2.05) is 19.1 Å². The van der Waals surface area contributed by atoms with E-state index >= 15 is 0 Å². The molecule has 0 saturated heterocycles. The van der Waals surface area contributed by atoms with Crippen molar-refractivity contribution in [2.45, 2.75) is 44.7 Å². The van der Waals surface area contributed by atoms with Gasteiger partial charge in [0.05, 0.1) is 11.4 Å². The van der Waals surface area contributed by atoms with Gasteiger partial charge in [-0.2, -0.15) is 0 Å². The molecule has 0 fully saturated rings. The molecule has 2 aromatic rings. The van der Waals surface area contributed by atoms with E-state index in [2.05, 4.69) is 15.6 Å². The summed E-state index contributed by atoms with van der Waals surface area (Å²) in [6, 6.07) is 10.5. The minimum atomic E-state index is -3.21. The highest BCUT2D eigenvalue weighted by Crippen LogP contribution is 2.17. The van der Waals surface area contributed by atoms with Gasteiger partial charge in [0.15, 0.2) is 15.8 Å².